The minimum absolute atomic E-state index is 0.0598. The number of hydrogen-bond acceptors (Lipinski definition) is 9. The van der Waals surface area contributed by atoms with Gasteiger partial charge in [0.05, 0.1) is 0 Å². The Morgan fingerprint density at radius 3 is 2.86 bits per heavy atom. The Kier molecular flexibility index (Phi) is 5.70. The molecule has 2 aliphatic rings. The first kappa shape index (κ1) is 19.9. The number of carboxylic acids is 1. The number of anilines is 1. The lowest BCUT2D eigenvalue weighted by Crippen LogP contribution is -2.71. The quantitative estimate of drug-likeness (QED) is 0.338. The molecule has 0 unspecified atom stereocenters. The number of carbonyl (C=O) groups is 3. The highest BCUT2D eigenvalue weighted by molar-refractivity contribution is 8.00. The van der Waals surface area contributed by atoms with E-state index in [4.69, 9.17) is 10.6 Å². The Bertz CT molecular complexity index is 922. The molecule has 3 heterocycles. The van der Waals surface area contributed by atoms with Crippen molar-refractivity contribution < 1.29 is 24.3 Å². The van der Waals surface area contributed by atoms with E-state index in [0.29, 0.717) is 11.3 Å². The second-order valence-corrected chi connectivity index (χ2v) is 7.73. The number of β-lactam (4-membered cyclic amide) rings is 1. The second kappa shape index (κ2) is 8.02. The molecule has 1 fully saturated rings. The lowest BCUT2D eigenvalue weighted by atomic mass is 10.0. The molecular formula is C16H17N5O5S2. The molecule has 2 atom stereocenters. The number of fused-ring (bicyclic) bond motifs is 1. The smallest absolute Gasteiger partial charge is 0.352 e. The molecule has 12 heteroatoms. The van der Waals surface area contributed by atoms with E-state index >= 15 is 0 Å². The summed E-state index contributed by atoms with van der Waals surface area (Å²) in [6.45, 7) is 1.77. The summed E-state index contributed by atoms with van der Waals surface area (Å²) in [7, 11) is 1.28. The summed E-state index contributed by atoms with van der Waals surface area (Å²) in [4.78, 5) is 46.8. The summed E-state index contributed by atoms with van der Waals surface area (Å²) in [5.41, 5.74) is 6.19. The van der Waals surface area contributed by atoms with E-state index in [0.717, 1.165) is 11.3 Å². The maximum Gasteiger partial charge on any atom is 0.352 e. The van der Waals surface area contributed by atoms with Gasteiger partial charge < -0.3 is 21.0 Å². The third kappa shape index (κ3) is 3.47. The number of aliphatic carboxylic acids is 1. The number of hydrogen-bond donors (Lipinski definition) is 3. The van der Waals surface area contributed by atoms with E-state index in [9.17, 15) is 19.5 Å². The van der Waals surface area contributed by atoms with Crippen LogP contribution < -0.4 is 11.1 Å². The van der Waals surface area contributed by atoms with Gasteiger partial charge in [-0.3, -0.25) is 14.5 Å². The van der Waals surface area contributed by atoms with Crippen molar-refractivity contribution in [3.8, 4) is 0 Å². The normalized spacial score (nSPS) is 22.1. The number of allylic oxidation sites excluding steroid dienone is 2. The average Bonchev–Trinajstić information content (AvgIpc) is 3.09. The van der Waals surface area contributed by atoms with E-state index in [1.807, 2.05) is 0 Å². The van der Waals surface area contributed by atoms with Crippen molar-refractivity contribution in [2.45, 2.75) is 18.3 Å². The molecule has 4 N–H and O–H groups in total. The fourth-order valence-electron chi connectivity index (χ4n) is 2.87. The van der Waals surface area contributed by atoms with Gasteiger partial charge in [-0.1, -0.05) is 17.3 Å². The van der Waals surface area contributed by atoms with Crippen molar-refractivity contribution in [3.63, 3.8) is 0 Å². The van der Waals surface area contributed by atoms with Crippen LogP contribution in [-0.4, -0.2) is 62.8 Å². The molecule has 0 aliphatic carbocycles. The summed E-state index contributed by atoms with van der Waals surface area (Å²) in [6.07, 6.45) is 3.39. The van der Waals surface area contributed by atoms with E-state index in [1.165, 1.54) is 23.8 Å². The van der Waals surface area contributed by atoms with Crippen LogP contribution >= 0.6 is 23.1 Å². The number of nitrogens with zero attached hydrogens (tertiary/aromatic N) is 3. The molecule has 3 rings (SSSR count). The molecule has 0 aromatic carbocycles. The van der Waals surface area contributed by atoms with E-state index in [-0.39, 0.29) is 22.2 Å². The van der Waals surface area contributed by atoms with Crippen molar-refractivity contribution >= 4 is 51.7 Å². The van der Waals surface area contributed by atoms with Gasteiger partial charge in [-0.2, -0.15) is 0 Å². The number of amides is 2. The SMILES string of the molecule is C/C=C/C1=C(C(=O)O)N2C(=O)[C@@H](NC(=O)/C(=N\OC)c3csc(N)n3)[C@H]2SC1. The van der Waals surface area contributed by atoms with Gasteiger partial charge in [0, 0.05) is 11.1 Å². The third-order valence-corrected chi connectivity index (χ3v) is 5.99. The number of nitrogens with one attached hydrogen (secondary N) is 1. The standard InChI is InChI=1S/C16H17N5O5S2/c1-3-4-7-5-27-14-10(13(23)21(14)11(7)15(24)25)19-12(22)9(20-26-2)8-6-28-16(17)18-8/h3-4,6,10,14H,5H2,1-2H3,(H2,17,18)(H,19,22)(H,24,25)/b4-3+,20-9-/t10-,14-/m1/s1. The number of carbonyl (C=O) groups excluding carboxylic acids is 2. The predicted octanol–water partition coefficient (Wildman–Crippen LogP) is 0.391. The topological polar surface area (TPSA) is 147 Å². The molecule has 2 aliphatic heterocycles. The van der Waals surface area contributed by atoms with Gasteiger partial charge in [0.25, 0.3) is 11.8 Å². The number of rotatable bonds is 6. The zero-order chi connectivity index (χ0) is 20.4. The molecule has 148 valence electrons. The first-order valence-electron chi connectivity index (χ1n) is 8.06. The summed E-state index contributed by atoms with van der Waals surface area (Å²) < 4.78 is 0. The van der Waals surface area contributed by atoms with Crippen molar-refractivity contribution in [2.24, 2.45) is 5.16 Å². The average molecular weight is 423 g/mol. The minimum atomic E-state index is -1.18. The Morgan fingerprint density at radius 1 is 1.54 bits per heavy atom. The lowest BCUT2D eigenvalue weighted by molar-refractivity contribution is -0.150. The molecule has 2 amide bonds. The molecule has 10 nitrogen and oxygen atoms in total. The zero-order valence-electron chi connectivity index (χ0n) is 14.9. The fourth-order valence-corrected chi connectivity index (χ4v) is 4.74. The predicted molar refractivity (Wildman–Crippen MR) is 105 cm³/mol. The highest BCUT2D eigenvalue weighted by Gasteiger charge is 2.54. The van der Waals surface area contributed by atoms with E-state index in [1.54, 1.807) is 24.5 Å². The highest BCUT2D eigenvalue weighted by atomic mass is 32.2. The lowest BCUT2D eigenvalue weighted by Gasteiger charge is -2.49. The minimum Gasteiger partial charge on any atom is -0.477 e. The summed E-state index contributed by atoms with van der Waals surface area (Å²) in [5.74, 6) is -1.93. The molecule has 0 radical (unpaired) electrons. The van der Waals surface area contributed by atoms with Crippen LogP contribution in [0.25, 0.3) is 0 Å². The van der Waals surface area contributed by atoms with Crippen LogP contribution in [-0.2, 0) is 19.2 Å². The number of aromatic nitrogens is 1. The number of nitrogen functional groups attached to an aromatic ring is 1. The number of nitrogens with two attached hydrogens (primary N) is 1. The van der Waals surface area contributed by atoms with Crippen LogP contribution in [0.2, 0.25) is 0 Å². The monoisotopic (exact) mass is 423 g/mol. The van der Waals surface area contributed by atoms with E-state index < -0.39 is 29.2 Å². The van der Waals surface area contributed by atoms with Gasteiger partial charge in [0.15, 0.2) is 10.8 Å². The molecular weight excluding hydrogens is 406 g/mol. The molecule has 1 saturated heterocycles. The summed E-state index contributed by atoms with van der Waals surface area (Å²) in [6, 6.07) is -0.878. The van der Waals surface area contributed by atoms with Gasteiger partial charge in [-0.25, -0.2) is 9.78 Å². The summed E-state index contributed by atoms with van der Waals surface area (Å²) >= 11 is 2.51. The molecule has 28 heavy (non-hydrogen) atoms. The molecule has 1 aromatic rings. The number of oxime groups is 1. The second-order valence-electron chi connectivity index (χ2n) is 5.73. The van der Waals surface area contributed by atoms with Gasteiger partial charge in [-0.05, 0) is 12.5 Å². The Hall–Kier alpha value is -2.86. The Labute approximate surface area is 168 Å². The Morgan fingerprint density at radius 2 is 2.29 bits per heavy atom. The molecule has 0 spiro atoms. The Balaban J connectivity index is 1.80. The van der Waals surface area contributed by atoms with Crippen molar-refractivity contribution in [3.05, 3.63) is 34.5 Å². The summed E-state index contributed by atoms with van der Waals surface area (Å²) in [5, 5.41) is 17.1. The number of thioether (sulfide) groups is 1. The van der Waals surface area contributed by atoms with Crippen LogP contribution in [0.15, 0.2) is 34.0 Å². The van der Waals surface area contributed by atoms with Gasteiger partial charge >= 0.3 is 5.97 Å². The maximum absolute atomic E-state index is 12.6. The van der Waals surface area contributed by atoms with Crippen LogP contribution in [0, 0.1) is 0 Å². The van der Waals surface area contributed by atoms with Gasteiger partial charge in [-0.15, -0.1) is 23.1 Å². The van der Waals surface area contributed by atoms with Crippen LogP contribution in [0.3, 0.4) is 0 Å². The first-order valence-corrected chi connectivity index (χ1v) is 9.99. The van der Waals surface area contributed by atoms with Crippen molar-refractivity contribution in [2.75, 3.05) is 18.6 Å². The highest BCUT2D eigenvalue weighted by Crippen LogP contribution is 2.40. The van der Waals surface area contributed by atoms with Crippen molar-refractivity contribution in [1.82, 2.24) is 15.2 Å². The van der Waals surface area contributed by atoms with Crippen LogP contribution in [0.5, 0.6) is 0 Å². The van der Waals surface area contributed by atoms with Crippen LogP contribution in [0.1, 0.15) is 12.6 Å². The number of thiazole rings is 1. The van der Waals surface area contributed by atoms with Gasteiger partial charge in [0.2, 0.25) is 0 Å². The largest absolute Gasteiger partial charge is 0.477 e. The molecule has 1 aromatic heterocycles. The molecule has 0 saturated carbocycles. The van der Waals surface area contributed by atoms with Crippen LogP contribution in [0.4, 0.5) is 5.13 Å². The van der Waals surface area contributed by atoms with Crippen molar-refractivity contribution in [1.29, 1.82) is 0 Å². The fraction of sp³-hybridized carbons (Fsp3) is 0.312. The van der Waals surface area contributed by atoms with Gasteiger partial charge in [0.1, 0.15) is 29.9 Å². The maximum atomic E-state index is 12.6. The molecule has 0 bridgehead atoms. The van der Waals surface area contributed by atoms with E-state index in [2.05, 4.69) is 15.5 Å². The zero-order valence-corrected chi connectivity index (χ0v) is 16.5. The third-order valence-electron chi connectivity index (χ3n) is 4.02. The first-order chi connectivity index (χ1) is 13.4. The number of carboxylic acid groups (broad SMARTS) is 1.